The molecule has 2 aromatic rings. The van der Waals surface area contributed by atoms with Crippen LogP contribution in [0.4, 0.5) is 11.4 Å². The van der Waals surface area contributed by atoms with Crippen LogP contribution in [-0.2, 0) is 4.79 Å². The molecule has 2 aromatic carbocycles. The van der Waals surface area contributed by atoms with E-state index in [1.54, 1.807) is 7.11 Å². The van der Waals surface area contributed by atoms with Crippen molar-refractivity contribution in [2.75, 3.05) is 50.1 Å². The zero-order valence-corrected chi connectivity index (χ0v) is 15.8. The average Bonchev–Trinajstić information content (AvgIpc) is 2.68. The van der Waals surface area contributed by atoms with Gasteiger partial charge in [-0.3, -0.25) is 4.79 Å². The lowest BCUT2D eigenvalue weighted by Crippen LogP contribution is -2.50. The molecule has 0 aromatic heterocycles. The first kappa shape index (κ1) is 18.1. The van der Waals surface area contributed by atoms with Gasteiger partial charge in [-0.15, -0.1) is 0 Å². The van der Waals surface area contributed by atoms with Crippen molar-refractivity contribution in [3.63, 3.8) is 0 Å². The van der Waals surface area contributed by atoms with Crippen LogP contribution >= 0.6 is 0 Å². The number of amides is 1. The number of para-hydroxylation sites is 2. The number of anilines is 2. The van der Waals surface area contributed by atoms with E-state index in [0.717, 1.165) is 37.6 Å². The second-order valence-electron chi connectivity index (χ2n) is 6.64. The summed E-state index contributed by atoms with van der Waals surface area (Å²) < 4.78 is 5.31. The highest BCUT2D eigenvalue weighted by Gasteiger charge is 2.22. The van der Waals surface area contributed by atoms with Gasteiger partial charge in [0.2, 0.25) is 5.91 Å². The third-order valence-electron chi connectivity index (χ3n) is 5.09. The molecule has 5 nitrogen and oxygen atoms in total. The van der Waals surface area contributed by atoms with Crippen molar-refractivity contribution in [1.82, 2.24) is 4.90 Å². The molecule has 1 fully saturated rings. The van der Waals surface area contributed by atoms with Gasteiger partial charge in [-0.1, -0.05) is 24.3 Å². The number of rotatable bonds is 5. The summed E-state index contributed by atoms with van der Waals surface area (Å²) in [6.07, 6.45) is 0. The van der Waals surface area contributed by atoms with E-state index in [-0.39, 0.29) is 12.5 Å². The fourth-order valence-corrected chi connectivity index (χ4v) is 3.35. The molecule has 1 aliphatic rings. The van der Waals surface area contributed by atoms with E-state index in [4.69, 9.17) is 4.74 Å². The lowest BCUT2D eigenvalue weighted by Gasteiger charge is -2.37. The van der Waals surface area contributed by atoms with Gasteiger partial charge in [-0.05, 0) is 43.2 Å². The molecule has 5 heteroatoms. The first-order valence-electron chi connectivity index (χ1n) is 9.06. The maximum Gasteiger partial charge on any atom is 0.241 e. The molecule has 1 N–H and O–H groups in total. The number of carbonyl (C=O) groups excluding carboxylic acids is 1. The number of hydrogen-bond acceptors (Lipinski definition) is 4. The first-order chi connectivity index (χ1) is 12.6. The van der Waals surface area contributed by atoms with Crippen LogP contribution in [0.2, 0.25) is 0 Å². The summed E-state index contributed by atoms with van der Waals surface area (Å²) in [5, 5.41) is 3.19. The lowest BCUT2D eigenvalue weighted by atomic mass is 10.1. The Morgan fingerprint density at radius 2 is 1.77 bits per heavy atom. The molecule has 0 unspecified atom stereocenters. The highest BCUT2D eigenvalue weighted by atomic mass is 16.5. The van der Waals surface area contributed by atoms with Crippen LogP contribution in [0.15, 0.2) is 42.5 Å². The number of piperazine rings is 1. The second-order valence-corrected chi connectivity index (χ2v) is 6.64. The molecule has 0 atom stereocenters. The molecule has 1 amide bonds. The third kappa shape index (κ3) is 3.93. The predicted molar refractivity (Wildman–Crippen MR) is 106 cm³/mol. The zero-order chi connectivity index (χ0) is 18.5. The van der Waals surface area contributed by atoms with E-state index in [9.17, 15) is 4.79 Å². The van der Waals surface area contributed by atoms with Gasteiger partial charge in [-0.2, -0.15) is 0 Å². The number of ether oxygens (including phenoxy) is 1. The summed E-state index contributed by atoms with van der Waals surface area (Å²) in [6.45, 7) is 7.82. The van der Waals surface area contributed by atoms with Crippen molar-refractivity contribution in [2.24, 2.45) is 0 Å². The SMILES string of the molecule is COc1ccccc1NCC(=O)N1CCN(c2cccc(C)c2C)CC1. The maximum atomic E-state index is 12.5. The van der Waals surface area contributed by atoms with E-state index in [1.165, 1.54) is 16.8 Å². The van der Waals surface area contributed by atoms with Gasteiger partial charge in [-0.25, -0.2) is 0 Å². The normalized spacial score (nSPS) is 14.3. The van der Waals surface area contributed by atoms with Crippen molar-refractivity contribution in [1.29, 1.82) is 0 Å². The molecule has 0 spiro atoms. The van der Waals surface area contributed by atoms with Gasteiger partial charge in [0, 0.05) is 31.9 Å². The molecule has 1 saturated heterocycles. The molecule has 138 valence electrons. The maximum absolute atomic E-state index is 12.5. The average molecular weight is 353 g/mol. The van der Waals surface area contributed by atoms with Gasteiger partial charge >= 0.3 is 0 Å². The Bertz CT molecular complexity index is 768. The summed E-state index contributed by atoms with van der Waals surface area (Å²) in [5.41, 5.74) is 4.76. The number of nitrogens with zero attached hydrogens (tertiary/aromatic N) is 2. The van der Waals surface area contributed by atoms with E-state index >= 15 is 0 Å². The quantitative estimate of drug-likeness (QED) is 0.897. The standard InChI is InChI=1S/C21H27N3O2/c1-16-7-6-9-19(17(16)2)23-11-13-24(14-12-23)21(25)15-22-18-8-4-5-10-20(18)26-3/h4-10,22H,11-15H2,1-3H3. The van der Waals surface area contributed by atoms with Crippen molar-refractivity contribution < 1.29 is 9.53 Å². The van der Waals surface area contributed by atoms with E-state index in [1.807, 2.05) is 29.2 Å². The van der Waals surface area contributed by atoms with E-state index in [0.29, 0.717) is 0 Å². The smallest absolute Gasteiger partial charge is 0.241 e. The second kappa shape index (κ2) is 8.13. The van der Waals surface area contributed by atoms with Crippen molar-refractivity contribution in [3.05, 3.63) is 53.6 Å². The Hall–Kier alpha value is -2.69. The zero-order valence-electron chi connectivity index (χ0n) is 15.8. The number of methoxy groups -OCH3 is 1. The van der Waals surface area contributed by atoms with E-state index in [2.05, 4.69) is 42.3 Å². The summed E-state index contributed by atoms with van der Waals surface area (Å²) >= 11 is 0. The van der Waals surface area contributed by atoms with Crippen LogP contribution < -0.4 is 15.0 Å². The Labute approximate surface area is 155 Å². The van der Waals surface area contributed by atoms with Crippen molar-refractivity contribution >= 4 is 17.3 Å². The summed E-state index contributed by atoms with van der Waals surface area (Å²) in [7, 11) is 1.63. The van der Waals surface area contributed by atoms with Crippen LogP contribution in [0.5, 0.6) is 5.75 Å². The Morgan fingerprint density at radius 1 is 1.04 bits per heavy atom. The minimum atomic E-state index is 0.122. The predicted octanol–water partition coefficient (Wildman–Crippen LogP) is 3.07. The Morgan fingerprint density at radius 3 is 2.50 bits per heavy atom. The molecule has 1 heterocycles. The molecule has 0 saturated carbocycles. The molecule has 0 bridgehead atoms. The molecule has 0 aliphatic carbocycles. The highest BCUT2D eigenvalue weighted by molar-refractivity contribution is 5.81. The lowest BCUT2D eigenvalue weighted by molar-refractivity contribution is -0.129. The molecule has 0 radical (unpaired) electrons. The minimum Gasteiger partial charge on any atom is -0.495 e. The van der Waals surface area contributed by atoms with Gasteiger partial charge in [0.05, 0.1) is 19.3 Å². The van der Waals surface area contributed by atoms with Crippen molar-refractivity contribution in [3.8, 4) is 5.75 Å². The first-order valence-corrected chi connectivity index (χ1v) is 9.06. The topological polar surface area (TPSA) is 44.8 Å². The largest absolute Gasteiger partial charge is 0.495 e. The third-order valence-corrected chi connectivity index (χ3v) is 5.09. The number of carbonyl (C=O) groups is 1. The van der Waals surface area contributed by atoms with Crippen LogP contribution in [0.1, 0.15) is 11.1 Å². The fraction of sp³-hybridized carbons (Fsp3) is 0.381. The monoisotopic (exact) mass is 353 g/mol. The van der Waals surface area contributed by atoms with Gasteiger partial charge < -0.3 is 19.9 Å². The van der Waals surface area contributed by atoms with Crippen LogP contribution in [-0.4, -0.2) is 50.6 Å². The van der Waals surface area contributed by atoms with Crippen LogP contribution in [0, 0.1) is 13.8 Å². The molecular formula is C21H27N3O2. The van der Waals surface area contributed by atoms with Gasteiger partial charge in [0.15, 0.2) is 0 Å². The Balaban J connectivity index is 1.54. The summed E-state index contributed by atoms with van der Waals surface area (Å²) in [5.74, 6) is 0.872. The van der Waals surface area contributed by atoms with Crippen LogP contribution in [0.3, 0.4) is 0 Å². The molecule has 1 aliphatic heterocycles. The van der Waals surface area contributed by atoms with Crippen molar-refractivity contribution in [2.45, 2.75) is 13.8 Å². The molecule has 3 rings (SSSR count). The summed E-state index contributed by atoms with van der Waals surface area (Å²) in [4.78, 5) is 16.8. The number of benzene rings is 2. The number of aryl methyl sites for hydroxylation is 1. The summed E-state index contributed by atoms with van der Waals surface area (Å²) in [6, 6.07) is 14.1. The van der Waals surface area contributed by atoms with Gasteiger partial charge in [0.1, 0.15) is 5.75 Å². The van der Waals surface area contributed by atoms with Gasteiger partial charge in [0.25, 0.3) is 0 Å². The minimum absolute atomic E-state index is 0.122. The van der Waals surface area contributed by atoms with E-state index < -0.39 is 0 Å². The number of hydrogen-bond donors (Lipinski definition) is 1. The Kier molecular flexibility index (Phi) is 5.66. The van der Waals surface area contributed by atoms with Crippen LogP contribution in [0.25, 0.3) is 0 Å². The molecule has 26 heavy (non-hydrogen) atoms. The number of nitrogens with one attached hydrogen (secondary N) is 1. The fourth-order valence-electron chi connectivity index (χ4n) is 3.35. The highest BCUT2D eigenvalue weighted by Crippen LogP contribution is 2.24. The molecular weight excluding hydrogens is 326 g/mol.